The van der Waals surface area contributed by atoms with Crippen molar-refractivity contribution < 1.29 is 9.53 Å². The van der Waals surface area contributed by atoms with Crippen LogP contribution in [0, 0.1) is 0 Å². The fourth-order valence-corrected chi connectivity index (χ4v) is 4.28. The lowest BCUT2D eigenvalue weighted by Crippen LogP contribution is -2.43. The Morgan fingerprint density at radius 1 is 1.50 bits per heavy atom. The number of morpholine rings is 1. The van der Waals surface area contributed by atoms with Crippen LogP contribution in [0.5, 0.6) is 0 Å². The van der Waals surface area contributed by atoms with E-state index in [1.165, 1.54) is 4.70 Å². The third kappa shape index (κ3) is 1.91. The van der Waals surface area contributed by atoms with Gasteiger partial charge in [-0.3, -0.25) is 9.69 Å². The first kappa shape index (κ1) is 12.3. The smallest absolute Gasteiger partial charge is 0.231 e. The molecule has 2 aliphatic rings. The second-order valence-electron chi connectivity index (χ2n) is 5.40. The topological polar surface area (TPSA) is 68.5 Å². The quantitative estimate of drug-likeness (QED) is 0.924. The first-order valence-electron chi connectivity index (χ1n) is 6.74. The number of likely N-dealkylation sites (tertiary alicyclic amines) is 1. The molecule has 5 nitrogen and oxygen atoms in total. The van der Waals surface area contributed by atoms with Crippen molar-refractivity contribution >= 4 is 27.5 Å². The molecule has 2 N–H and O–H groups in total. The zero-order chi connectivity index (χ0) is 13.7. The maximum absolute atomic E-state index is 11.1. The van der Waals surface area contributed by atoms with Crippen LogP contribution in [0.4, 0.5) is 0 Å². The van der Waals surface area contributed by atoms with E-state index in [2.05, 4.69) is 16.0 Å². The number of amides is 1. The van der Waals surface area contributed by atoms with E-state index in [-0.39, 0.29) is 24.2 Å². The zero-order valence-corrected chi connectivity index (χ0v) is 11.7. The predicted molar refractivity (Wildman–Crippen MR) is 76.4 cm³/mol. The maximum Gasteiger partial charge on any atom is 0.231 e. The van der Waals surface area contributed by atoms with Gasteiger partial charge in [0.1, 0.15) is 11.1 Å². The third-order valence-corrected chi connectivity index (χ3v) is 5.11. The number of para-hydroxylation sites is 1. The lowest BCUT2D eigenvalue weighted by Gasteiger charge is -2.30. The summed E-state index contributed by atoms with van der Waals surface area (Å²) in [5, 5.41) is 1.01. The Labute approximate surface area is 120 Å². The number of aromatic nitrogens is 1. The lowest BCUT2D eigenvalue weighted by molar-refractivity contribution is -0.121. The Balaban J connectivity index is 1.64. The number of ether oxygens (including phenoxy) is 1. The zero-order valence-electron chi connectivity index (χ0n) is 10.9. The monoisotopic (exact) mass is 289 g/mol. The number of benzene rings is 1. The van der Waals surface area contributed by atoms with Gasteiger partial charge in [-0.2, -0.15) is 0 Å². The van der Waals surface area contributed by atoms with Gasteiger partial charge in [-0.05, 0) is 18.6 Å². The number of nitrogens with zero attached hydrogens (tertiary/aromatic N) is 2. The average Bonchev–Trinajstić information content (AvgIpc) is 3.09. The van der Waals surface area contributed by atoms with E-state index in [0.717, 1.165) is 23.5 Å². The standard InChI is InChI=1S/C14H15N3O2S/c15-12(18)7-17-6-8-5-10(17)13(19-8)14-16-9-3-1-2-4-11(9)20-14/h1-4,8,10,13H,5-7H2,(H2,15,18)/t8-,10-,13?/m0/s1. The van der Waals surface area contributed by atoms with Crippen molar-refractivity contribution in [3.05, 3.63) is 29.3 Å². The summed E-state index contributed by atoms with van der Waals surface area (Å²) in [7, 11) is 0. The number of carbonyl (C=O) groups excluding carboxylic acids is 1. The minimum atomic E-state index is -0.277. The molecule has 6 heteroatoms. The number of nitrogens with two attached hydrogens (primary N) is 1. The van der Waals surface area contributed by atoms with Crippen molar-refractivity contribution in [2.24, 2.45) is 5.73 Å². The fourth-order valence-electron chi connectivity index (χ4n) is 3.22. The first-order valence-corrected chi connectivity index (χ1v) is 7.55. The van der Waals surface area contributed by atoms with Gasteiger partial charge in [0.25, 0.3) is 0 Å². The largest absolute Gasteiger partial charge is 0.369 e. The van der Waals surface area contributed by atoms with E-state index in [4.69, 9.17) is 10.5 Å². The van der Waals surface area contributed by atoms with Crippen LogP contribution in [0.2, 0.25) is 0 Å². The Kier molecular flexibility index (Phi) is 2.76. The Bertz CT molecular complexity index is 638. The van der Waals surface area contributed by atoms with Gasteiger partial charge in [-0.15, -0.1) is 11.3 Å². The molecule has 104 valence electrons. The lowest BCUT2D eigenvalue weighted by atomic mass is 10.1. The molecule has 2 aromatic rings. The van der Waals surface area contributed by atoms with Crippen LogP contribution in [0.1, 0.15) is 17.5 Å². The minimum Gasteiger partial charge on any atom is -0.369 e. The molecule has 3 atom stereocenters. The number of hydrogen-bond donors (Lipinski definition) is 1. The highest BCUT2D eigenvalue weighted by Gasteiger charge is 2.48. The van der Waals surface area contributed by atoms with Crippen molar-refractivity contribution in [3.63, 3.8) is 0 Å². The third-order valence-electron chi connectivity index (χ3n) is 4.01. The summed E-state index contributed by atoms with van der Waals surface area (Å²) in [6.45, 7) is 1.11. The second kappa shape index (κ2) is 4.51. The van der Waals surface area contributed by atoms with Crippen molar-refractivity contribution in [3.8, 4) is 0 Å². The van der Waals surface area contributed by atoms with Gasteiger partial charge in [0.2, 0.25) is 5.91 Å². The van der Waals surface area contributed by atoms with Gasteiger partial charge in [0.05, 0.1) is 22.9 Å². The summed E-state index contributed by atoms with van der Waals surface area (Å²) < 4.78 is 7.22. The van der Waals surface area contributed by atoms with Crippen molar-refractivity contribution in [2.45, 2.75) is 24.7 Å². The van der Waals surface area contributed by atoms with E-state index in [1.807, 2.05) is 18.2 Å². The molecule has 2 bridgehead atoms. The molecule has 0 radical (unpaired) electrons. The summed E-state index contributed by atoms with van der Waals surface area (Å²) in [6, 6.07) is 8.33. The number of fused-ring (bicyclic) bond motifs is 3. The summed E-state index contributed by atoms with van der Waals surface area (Å²) in [5.74, 6) is -0.277. The molecular weight excluding hydrogens is 274 g/mol. The average molecular weight is 289 g/mol. The van der Waals surface area contributed by atoms with Gasteiger partial charge in [-0.1, -0.05) is 12.1 Å². The highest BCUT2D eigenvalue weighted by Crippen LogP contribution is 2.43. The summed E-state index contributed by atoms with van der Waals surface area (Å²) in [6.07, 6.45) is 1.15. The molecule has 1 unspecified atom stereocenters. The van der Waals surface area contributed by atoms with Gasteiger partial charge in [0.15, 0.2) is 0 Å². The summed E-state index contributed by atoms with van der Waals surface area (Å²) in [4.78, 5) is 18.0. The molecule has 1 aromatic carbocycles. The number of hydrogen-bond acceptors (Lipinski definition) is 5. The van der Waals surface area contributed by atoms with Crippen molar-refractivity contribution in [1.29, 1.82) is 0 Å². The molecule has 0 aliphatic carbocycles. The Hall–Kier alpha value is -1.50. The van der Waals surface area contributed by atoms with Gasteiger partial charge in [0, 0.05) is 12.6 Å². The predicted octanol–water partition coefficient (Wildman–Crippen LogP) is 1.30. The summed E-state index contributed by atoms with van der Waals surface area (Å²) >= 11 is 1.68. The molecule has 1 aromatic heterocycles. The molecule has 4 rings (SSSR count). The number of rotatable bonds is 3. The van der Waals surface area contributed by atoms with Crippen LogP contribution in [0.15, 0.2) is 24.3 Å². The number of carbonyl (C=O) groups is 1. The molecule has 0 spiro atoms. The van der Waals surface area contributed by atoms with E-state index in [9.17, 15) is 4.79 Å². The maximum atomic E-state index is 11.1. The van der Waals surface area contributed by atoms with Gasteiger partial charge < -0.3 is 10.5 Å². The van der Waals surface area contributed by atoms with E-state index >= 15 is 0 Å². The Morgan fingerprint density at radius 2 is 2.35 bits per heavy atom. The fraction of sp³-hybridized carbons (Fsp3) is 0.429. The highest BCUT2D eigenvalue weighted by molar-refractivity contribution is 7.18. The molecule has 20 heavy (non-hydrogen) atoms. The van der Waals surface area contributed by atoms with Crippen LogP contribution in [-0.2, 0) is 9.53 Å². The van der Waals surface area contributed by atoms with E-state index < -0.39 is 0 Å². The molecule has 2 saturated heterocycles. The second-order valence-corrected chi connectivity index (χ2v) is 6.46. The summed E-state index contributed by atoms with van der Waals surface area (Å²) in [5.41, 5.74) is 6.33. The van der Waals surface area contributed by atoms with E-state index in [0.29, 0.717) is 6.54 Å². The van der Waals surface area contributed by atoms with Crippen molar-refractivity contribution in [2.75, 3.05) is 13.1 Å². The molecule has 2 fully saturated rings. The van der Waals surface area contributed by atoms with Crippen LogP contribution in [-0.4, -0.2) is 41.0 Å². The normalized spacial score (nSPS) is 29.3. The van der Waals surface area contributed by atoms with Crippen LogP contribution in [0.25, 0.3) is 10.2 Å². The van der Waals surface area contributed by atoms with Crippen molar-refractivity contribution in [1.82, 2.24) is 9.88 Å². The van der Waals surface area contributed by atoms with Gasteiger partial charge in [-0.25, -0.2) is 4.98 Å². The molecule has 1 amide bonds. The molecule has 2 aliphatic heterocycles. The molecule has 3 heterocycles. The van der Waals surface area contributed by atoms with Crippen LogP contribution in [0.3, 0.4) is 0 Å². The molecular formula is C14H15N3O2S. The van der Waals surface area contributed by atoms with Gasteiger partial charge >= 0.3 is 0 Å². The molecule has 0 saturated carbocycles. The minimum absolute atomic E-state index is 0.0227. The SMILES string of the molecule is NC(=O)CN1C[C@@H]2C[C@H]1C(c1nc3ccccc3s1)O2. The number of thiazole rings is 1. The number of primary amides is 1. The van der Waals surface area contributed by atoms with Crippen LogP contribution >= 0.6 is 11.3 Å². The van der Waals surface area contributed by atoms with E-state index in [1.54, 1.807) is 11.3 Å². The van der Waals surface area contributed by atoms with Crippen LogP contribution < -0.4 is 5.73 Å². The Morgan fingerprint density at radius 3 is 3.10 bits per heavy atom. The first-order chi connectivity index (χ1) is 9.70. The highest BCUT2D eigenvalue weighted by atomic mass is 32.1.